The van der Waals surface area contributed by atoms with Crippen molar-refractivity contribution in [3.63, 3.8) is 0 Å². The van der Waals surface area contributed by atoms with Crippen molar-refractivity contribution < 1.29 is 23.1 Å². The Hall–Kier alpha value is -3.22. The molecule has 192 valence electrons. The van der Waals surface area contributed by atoms with Gasteiger partial charge in [-0.2, -0.15) is 0 Å². The van der Waals surface area contributed by atoms with Crippen molar-refractivity contribution in [3.05, 3.63) is 76.5 Å². The predicted molar refractivity (Wildman–Crippen MR) is 135 cm³/mol. The maximum atomic E-state index is 14.5. The molecule has 0 saturated carbocycles. The molecule has 0 aliphatic heterocycles. The molecule has 0 radical (unpaired) electrons. The van der Waals surface area contributed by atoms with E-state index in [2.05, 4.69) is 17.1 Å². The highest BCUT2D eigenvalue weighted by molar-refractivity contribution is 5.71. The summed E-state index contributed by atoms with van der Waals surface area (Å²) in [7, 11) is 1.41. The zero-order chi connectivity index (χ0) is 25.7. The Bertz CT molecular complexity index is 1200. The van der Waals surface area contributed by atoms with E-state index in [-0.39, 0.29) is 12.2 Å². The first-order chi connectivity index (χ1) is 17.2. The van der Waals surface area contributed by atoms with Crippen LogP contribution in [0.3, 0.4) is 0 Å². The fourth-order valence-electron chi connectivity index (χ4n) is 4.61. The number of ether oxygens (including phenoxy) is 2. The zero-order valence-electron chi connectivity index (χ0n) is 21.6. The van der Waals surface area contributed by atoms with Gasteiger partial charge in [-0.1, -0.05) is 12.1 Å². The molecule has 7 heteroatoms. The summed E-state index contributed by atoms with van der Waals surface area (Å²) in [6, 6.07) is 8.98. The Labute approximate surface area is 212 Å². The number of halogens is 1. The molecule has 0 amide bonds. The van der Waals surface area contributed by atoms with Crippen LogP contribution in [0.15, 0.2) is 41.0 Å². The van der Waals surface area contributed by atoms with Crippen molar-refractivity contribution in [1.29, 1.82) is 0 Å². The van der Waals surface area contributed by atoms with Gasteiger partial charge in [-0.3, -0.25) is 9.78 Å². The van der Waals surface area contributed by atoms with Gasteiger partial charge >= 0.3 is 5.97 Å². The van der Waals surface area contributed by atoms with Crippen molar-refractivity contribution in [3.8, 4) is 5.75 Å². The molecule has 1 aromatic carbocycles. The fraction of sp³-hybridized carbons (Fsp3) is 0.483. The number of benzene rings is 1. The van der Waals surface area contributed by atoms with Crippen LogP contribution < -0.4 is 4.74 Å². The second-order valence-corrected chi connectivity index (χ2v) is 10.4. The van der Waals surface area contributed by atoms with E-state index in [4.69, 9.17) is 18.9 Å². The van der Waals surface area contributed by atoms with Crippen molar-refractivity contribution in [2.75, 3.05) is 7.11 Å². The van der Waals surface area contributed by atoms with Gasteiger partial charge in [0, 0.05) is 11.4 Å². The van der Waals surface area contributed by atoms with Crippen LogP contribution >= 0.6 is 0 Å². The van der Waals surface area contributed by atoms with E-state index in [1.54, 1.807) is 18.4 Å². The molecule has 1 atom stereocenters. The Balaban J connectivity index is 1.46. The number of esters is 1. The smallest absolute Gasteiger partial charge is 0.307 e. The average Bonchev–Trinajstić information content (AvgIpc) is 3.30. The second-order valence-electron chi connectivity index (χ2n) is 10.4. The number of nitrogens with zero attached hydrogens (tertiary/aromatic N) is 2. The lowest BCUT2D eigenvalue weighted by Crippen LogP contribution is -2.25. The monoisotopic (exact) mass is 494 g/mol. The molecule has 1 unspecified atom stereocenters. The molecule has 0 fully saturated rings. The number of oxazole rings is 1. The van der Waals surface area contributed by atoms with Gasteiger partial charge in [-0.15, -0.1) is 0 Å². The molecule has 2 aromatic heterocycles. The van der Waals surface area contributed by atoms with E-state index in [0.717, 1.165) is 43.5 Å². The predicted octanol–water partition coefficient (Wildman–Crippen LogP) is 6.14. The van der Waals surface area contributed by atoms with Gasteiger partial charge in [-0.25, -0.2) is 9.37 Å². The van der Waals surface area contributed by atoms with Crippen LogP contribution in [0.1, 0.15) is 86.5 Å². The van der Waals surface area contributed by atoms with E-state index < -0.39 is 23.3 Å². The summed E-state index contributed by atoms with van der Waals surface area (Å²) in [5.41, 5.74) is 4.49. The van der Waals surface area contributed by atoms with Crippen LogP contribution in [0, 0.1) is 5.82 Å². The lowest BCUT2D eigenvalue weighted by atomic mass is 9.95. The zero-order valence-corrected chi connectivity index (χ0v) is 21.6. The quantitative estimate of drug-likeness (QED) is 0.333. The first-order valence-corrected chi connectivity index (χ1v) is 12.7. The van der Waals surface area contributed by atoms with E-state index in [1.165, 1.54) is 37.3 Å². The van der Waals surface area contributed by atoms with Crippen LogP contribution in [0.4, 0.5) is 4.39 Å². The third-order valence-electron chi connectivity index (χ3n) is 6.34. The van der Waals surface area contributed by atoms with E-state index >= 15 is 0 Å². The molecule has 0 bridgehead atoms. The minimum Gasteiger partial charge on any atom is -0.494 e. The standard InChI is InChI=1S/C29H35FN2O4/c1-29(2,3)36-27(33)17-23(20-13-15-26(34-4)24(30)16-20)28-32-22(18-35-28)10-7-9-21-14-12-19-8-5-6-11-25(19)31-21/h12-16,18,23H,5-11,17H2,1-4H3. The summed E-state index contributed by atoms with van der Waals surface area (Å²) in [6.45, 7) is 5.44. The van der Waals surface area contributed by atoms with Crippen LogP contribution in [0.25, 0.3) is 0 Å². The molecule has 0 spiro atoms. The van der Waals surface area contributed by atoms with Gasteiger partial charge in [0.05, 0.1) is 25.1 Å². The number of fused-ring (bicyclic) bond motifs is 1. The number of methoxy groups -OCH3 is 1. The van der Waals surface area contributed by atoms with E-state index in [9.17, 15) is 9.18 Å². The number of hydrogen-bond donors (Lipinski definition) is 0. The molecule has 2 heterocycles. The highest BCUT2D eigenvalue weighted by Crippen LogP contribution is 2.32. The number of aryl methyl sites for hydroxylation is 4. The normalized spacial score (nSPS) is 14.2. The summed E-state index contributed by atoms with van der Waals surface area (Å²) >= 11 is 0. The van der Waals surface area contributed by atoms with Crippen LogP contribution in [0.5, 0.6) is 5.75 Å². The van der Waals surface area contributed by atoms with Crippen molar-refractivity contribution in [1.82, 2.24) is 9.97 Å². The third kappa shape index (κ3) is 6.71. The van der Waals surface area contributed by atoms with Gasteiger partial charge in [0.2, 0.25) is 5.89 Å². The van der Waals surface area contributed by atoms with Crippen molar-refractivity contribution >= 4 is 5.97 Å². The first kappa shape index (κ1) is 25.9. The second kappa shape index (κ2) is 11.2. The van der Waals surface area contributed by atoms with E-state index in [0.29, 0.717) is 11.5 Å². The highest BCUT2D eigenvalue weighted by Gasteiger charge is 2.27. The maximum absolute atomic E-state index is 14.5. The Morgan fingerprint density at radius 2 is 1.86 bits per heavy atom. The third-order valence-corrected chi connectivity index (χ3v) is 6.34. The number of hydrogen-bond acceptors (Lipinski definition) is 6. The average molecular weight is 495 g/mol. The molecule has 1 aliphatic carbocycles. The Morgan fingerprint density at radius 1 is 1.08 bits per heavy atom. The van der Waals surface area contributed by atoms with Crippen LogP contribution in [-0.2, 0) is 35.2 Å². The molecule has 0 saturated heterocycles. The van der Waals surface area contributed by atoms with Gasteiger partial charge in [0.15, 0.2) is 11.6 Å². The largest absolute Gasteiger partial charge is 0.494 e. The minimum absolute atomic E-state index is 0.0119. The summed E-state index contributed by atoms with van der Waals surface area (Å²) in [5, 5.41) is 0. The summed E-state index contributed by atoms with van der Waals surface area (Å²) in [6.07, 6.45) is 8.74. The lowest BCUT2D eigenvalue weighted by molar-refractivity contribution is -0.155. The minimum atomic E-state index is -0.626. The number of carbonyl (C=O) groups is 1. The van der Waals surface area contributed by atoms with Gasteiger partial charge < -0.3 is 13.9 Å². The highest BCUT2D eigenvalue weighted by atomic mass is 19.1. The van der Waals surface area contributed by atoms with Gasteiger partial charge in [-0.05, 0) is 95.0 Å². The van der Waals surface area contributed by atoms with Gasteiger partial charge in [0.1, 0.15) is 11.9 Å². The molecule has 4 rings (SSSR count). The molecule has 0 N–H and O–H groups in total. The molecule has 3 aromatic rings. The lowest BCUT2D eigenvalue weighted by Gasteiger charge is -2.21. The summed E-state index contributed by atoms with van der Waals surface area (Å²) in [5.74, 6) is -0.974. The first-order valence-electron chi connectivity index (χ1n) is 12.7. The topological polar surface area (TPSA) is 74.5 Å². The molecule has 6 nitrogen and oxygen atoms in total. The van der Waals surface area contributed by atoms with E-state index in [1.807, 2.05) is 20.8 Å². The van der Waals surface area contributed by atoms with Crippen LogP contribution in [-0.4, -0.2) is 28.6 Å². The van der Waals surface area contributed by atoms with Crippen molar-refractivity contribution in [2.45, 2.75) is 83.7 Å². The molecule has 36 heavy (non-hydrogen) atoms. The molecule has 1 aliphatic rings. The summed E-state index contributed by atoms with van der Waals surface area (Å²) < 4.78 is 30.8. The van der Waals surface area contributed by atoms with Crippen LogP contribution in [0.2, 0.25) is 0 Å². The fourth-order valence-corrected chi connectivity index (χ4v) is 4.61. The summed E-state index contributed by atoms with van der Waals surface area (Å²) in [4.78, 5) is 22.2. The molecular formula is C29H35FN2O4. The Morgan fingerprint density at radius 3 is 2.61 bits per heavy atom. The van der Waals surface area contributed by atoms with Crippen molar-refractivity contribution in [2.24, 2.45) is 0 Å². The number of carbonyl (C=O) groups excluding carboxylic acids is 1. The number of rotatable bonds is 9. The number of aromatic nitrogens is 2. The molecular weight excluding hydrogens is 459 g/mol. The number of pyridine rings is 1. The van der Waals surface area contributed by atoms with Gasteiger partial charge in [0.25, 0.3) is 0 Å². The SMILES string of the molecule is COc1ccc(C(CC(=O)OC(C)(C)C)c2nc(CCCc3ccc4c(n3)CCCC4)co2)cc1F. The Kier molecular flexibility index (Phi) is 8.07. The maximum Gasteiger partial charge on any atom is 0.307 e.